The van der Waals surface area contributed by atoms with Crippen LogP contribution in [-0.4, -0.2) is 93.9 Å². The lowest BCUT2D eigenvalue weighted by atomic mass is 9.78. The van der Waals surface area contributed by atoms with Crippen molar-refractivity contribution in [1.29, 1.82) is 0 Å². The van der Waals surface area contributed by atoms with Gasteiger partial charge in [0.2, 0.25) is 17.7 Å². The van der Waals surface area contributed by atoms with Crippen molar-refractivity contribution in [3.8, 4) is 0 Å². The number of carbonyl (C=O) groups is 5. The molecule has 5 atom stereocenters. The fraction of sp³-hybridized carbons (Fsp3) is 0.720. The molecule has 1 spiro atoms. The molecule has 1 N–H and O–H groups in total. The molecule has 2 aliphatic carbocycles. The van der Waals surface area contributed by atoms with Crippen LogP contribution in [0.5, 0.6) is 0 Å². The predicted octanol–water partition coefficient (Wildman–Crippen LogP) is 1.25. The summed E-state index contributed by atoms with van der Waals surface area (Å²) in [6, 6.07) is 0. The number of methoxy groups -OCH3 is 1. The molecule has 2 saturated heterocycles. The number of esters is 2. The third-order valence-corrected chi connectivity index (χ3v) is 7.97. The molecule has 0 aromatic carbocycles. The highest BCUT2D eigenvalue weighted by Crippen LogP contribution is 2.67. The van der Waals surface area contributed by atoms with Crippen LogP contribution in [-0.2, 0) is 42.9 Å². The van der Waals surface area contributed by atoms with Crippen molar-refractivity contribution < 1.29 is 42.9 Å². The second-order valence-electron chi connectivity index (χ2n) is 11.3. The highest BCUT2D eigenvalue weighted by molar-refractivity contribution is 9.10. The summed E-state index contributed by atoms with van der Waals surface area (Å²) in [6.45, 7) is 5.46. The number of rotatable bonds is 12. The van der Waals surface area contributed by atoms with Gasteiger partial charge in [-0.25, -0.2) is 0 Å². The molecule has 210 valence electrons. The van der Waals surface area contributed by atoms with E-state index in [1.807, 2.05) is 12.2 Å². The predicted molar refractivity (Wildman–Crippen MR) is 139 cm³/mol. The van der Waals surface area contributed by atoms with Crippen LogP contribution in [0.25, 0.3) is 0 Å². The maximum Gasteiger partial charge on any atom is 0.322 e. The molecule has 3 amide bonds. The molecule has 2 aliphatic heterocycles. The van der Waals surface area contributed by atoms with Crippen LogP contribution in [0.3, 0.4) is 0 Å². The van der Waals surface area contributed by atoms with Gasteiger partial charge in [-0.05, 0) is 27.7 Å². The molecule has 2 heterocycles. The van der Waals surface area contributed by atoms with E-state index >= 15 is 0 Å². The third-order valence-electron chi connectivity index (χ3n) is 7.32. The molecule has 0 aromatic rings. The number of ether oxygens (including phenoxy) is 4. The Labute approximate surface area is 237 Å². The highest BCUT2D eigenvalue weighted by Gasteiger charge is 2.80. The summed E-state index contributed by atoms with van der Waals surface area (Å²) in [5.41, 5.74) is -1.85. The number of amides is 3. The van der Waals surface area contributed by atoms with Crippen LogP contribution < -0.4 is 5.32 Å². The Bertz CT molecular complexity index is 1050. The van der Waals surface area contributed by atoms with Gasteiger partial charge >= 0.3 is 11.9 Å². The minimum atomic E-state index is -1.42. The first-order valence-electron chi connectivity index (χ1n) is 12.3. The first-order chi connectivity index (χ1) is 17.6. The number of imide groups is 1. The van der Waals surface area contributed by atoms with Crippen molar-refractivity contribution in [2.24, 2.45) is 17.8 Å². The van der Waals surface area contributed by atoms with Crippen LogP contribution in [0.2, 0.25) is 0 Å². The number of hydrogen-bond acceptors (Lipinski definition) is 9. The molecule has 4 unspecified atom stereocenters. The zero-order valence-corrected chi connectivity index (χ0v) is 25.0. The third kappa shape index (κ3) is 5.18. The first kappa shape index (κ1) is 29.2. The van der Waals surface area contributed by atoms with Gasteiger partial charge in [0.05, 0.1) is 18.4 Å². The fourth-order valence-corrected chi connectivity index (χ4v) is 5.49. The van der Waals surface area contributed by atoms with Gasteiger partial charge in [-0.1, -0.05) is 44.0 Å². The summed E-state index contributed by atoms with van der Waals surface area (Å²) in [6.07, 6.45) is 3.36. The molecule has 1 saturated carbocycles. The average molecular weight is 664 g/mol. The average Bonchev–Trinajstić information content (AvgIpc) is 3.47. The van der Waals surface area contributed by atoms with E-state index in [-0.39, 0.29) is 56.6 Å². The molecular weight excluding hydrogens is 632 g/mol. The fourth-order valence-electron chi connectivity index (χ4n) is 5.26. The second kappa shape index (κ2) is 9.97. The number of fused-ring (bicyclic) bond motifs is 3. The zero-order chi connectivity index (χ0) is 28.3. The molecule has 11 nitrogen and oxygen atoms in total. The topological polar surface area (TPSA) is 141 Å². The molecule has 3 fully saturated rings. The molecule has 0 bridgehead atoms. The van der Waals surface area contributed by atoms with Crippen LogP contribution in [0, 0.1) is 17.8 Å². The van der Waals surface area contributed by atoms with Gasteiger partial charge in [0.15, 0.2) is 0 Å². The van der Waals surface area contributed by atoms with E-state index in [1.165, 1.54) is 7.11 Å². The van der Waals surface area contributed by atoms with Crippen molar-refractivity contribution in [1.82, 2.24) is 10.2 Å². The summed E-state index contributed by atoms with van der Waals surface area (Å²) in [5.74, 6) is -3.39. The number of likely N-dealkylation sites (tertiary alicyclic amines) is 1. The number of carbonyl (C=O) groups excluding carboxylic acids is 5. The van der Waals surface area contributed by atoms with E-state index < -0.39 is 49.5 Å². The summed E-state index contributed by atoms with van der Waals surface area (Å²) in [7, 11) is 1.39. The van der Waals surface area contributed by atoms with Crippen LogP contribution in [0.1, 0.15) is 34.1 Å². The van der Waals surface area contributed by atoms with Crippen molar-refractivity contribution in [3.05, 3.63) is 12.2 Å². The largest absolute Gasteiger partial charge is 0.462 e. The second-order valence-corrected chi connectivity index (χ2v) is 15.2. The molecule has 13 heteroatoms. The number of nitrogens with one attached hydrogen (secondary N) is 1. The molecular formula is C25H32Br2N2O9. The zero-order valence-electron chi connectivity index (χ0n) is 21.9. The Morgan fingerprint density at radius 3 is 2.03 bits per heavy atom. The number of hydrogen-bond donors (Lipinski definition) is 1. The minimum absolute atomic E-state index is 0.0936. The Morgan fingerprint density at radius 2 is 1.55 bits per heavy atom. The standard InChI is InChI=1S/C25H32Br2N2O9/c1-22(2,26)20(33)36-11-24(10-35-5,12-37-21(34)23(3,4)27)28-14(30)7-9-29-18(31)15-13-6-8-25(13)17(38-25)16(15)19(29)32/h6,8,13,15-17H,7,9-12H2,1-5H3,(H,28,30)/t13?,15-,16?,17?,25?/m0/s1. The van der Waals surface area contributed by atoms with E-state index in [0.717, 1.165) is 4.90 Å². The van der Waals surface area contributed by atoms with E-state index in [9.17, 15) is 24.0 Å². The SMILES string of the molecule is COCC(COC(=O)C(C)(C)Br)(COC(=O)C(C)(C)Br)NC(=O)CCN1C(=O)C2C3OC34C=CC4[C@@H]2C1=O. The van der Waals surface area contributed by atoms with Crippen molar-refractivity contribution in [2.75, 3.05) is 33.5 Å². The summed E-state index contributed by atoms with van der Waals surface area (Å²) >= 11 is 6.47. The number of alkyl halides is 2. The molecule has 0 aromatic heterocycles. The van der Waals surface area contributed by atoms with Gasteiger partial charge in [-0.15, -0.1) is 0 Å². The van der Waals surface area contributed by atoms with Gasteiger partial charge in [-0.3, -0.25) is 28.9 Å². The maximum atomic E-state index is 13.1. The van der Waals surface area contributed by atoms with Crippen molar-refractivity contribution >= 4 is 61.5 Å². The molecule has 4 rings (SSSR count). The Kier molecular flexibility index (Phi) is 7.65. The number of epoxide rings is 1. The van der Waals surface area contributed by atoms with Gasteiger partial charge in [-0.2, -0.15) is 0 Å². The van der Waals surface area contributed by atoms with Crippen LogP contribution in [0.15, 0.2) is 12.2 Å². The van der Waals surface area contributed by atoms with Gasteiger partial charge in [0.25, 0.3) is 0 Å². The van der Waals surface area contributed by atoms with Crippen molar-refractivity contribution in [2.45, 2.75) is 60.0 Å². The summed E-state index contributed by atoms with van der Waals surface area (Å²) in [4.78, 5) is 65.1. The molecule has 38 heavy (non-hydrogen) atoms. The van der Waals surface area contributed by atoms with Gasteiger partial charge in [0, 0.05) is 26.0 Å². The van der Waals surface area contributed by atoms with E-state index in [4.69, 9.17) is 18.9 Å². The lowest BCUT2D eigenvalue weighted by Gasteiger charge is -2.34. The number of nitrogens with zero attached hydrogens (tertiary/aromatic N) is 1. The van der Waals surface area contributed by atoms with Gasteiger partial charge in [0.1, 0.15) is 39.1 Å². The van der Waals surface area contributed by atoms with Crippen molar-refractivity contribution in [3.63, 3.8) is 0 Å². The quantitative estimate of drug-likeness (QED) is 0.107. The van der Waals surface area contributed by atoms with Crippen LogP contribution in [0.4, 0.5) is 0 Å². The Hall–Kier alpha value is -1.83. The molecule has 0 radical (unpaired) electrons. The number of halogens is 2. The molecule has 4 aliphatic rings. The Balaban J connectivity index is 1.42. The lowest BCUT2D eigenvalue weighted by Crippen LogP contribution is -2.60. The summed E-state index contributed by atoms with van der Waals surface area (Å²) in [5, 5.41) is 2.76. The van der Waals surface area contributed by atoms with E-state index in [1.54, 1.807) is 27.7 Å². The van der Waals surface area contributed by atoms with Crippen LogP contribution >= 0.6 is 31.9 Å². The summed E-state index contributed by atoms with van der Waals surface area (Å²) < 4.78 is 19.9. The van der Waals surface area contributed by atoms with E-state index in [0.29, 0.717) is 0 Å². The Morgan fingerprint density at radius 1 is 1.00 bits per heavy atom. The first-order valence-corrected chi connectivity index (χ1v) is 13.9. The van der Waals surface area contributed by atoms with E-state index in [2.05, 4.69) is 37.2 Å². The maximum absolute atomic E-state index is 13.1. The normalized spacial score (nSPS) is 29.3. The monoisotopic (exact) mass is 662 g/mol. The smallest absolute Gasteiger partial charge is 0.322 e. The highest BCUT2D eigenvalue weighted by atomic mass is 79.9. The minimum Gasteiger partial charge on any atom is -0.462 e. The lowest BCUT2D eigenvalue weighted by molar-refractivity contribution is -0.157. The van der Waals surface area contributed by atoms with Gasteiger partial charge < -0.3 is 24.3 Å².